The van der Waals surface area contributed by atoms with E-state index in [1.807, 2.05) is 18.4 Å². The summed E-state index contributed by atoms with van der Waals surface area (Å²) in [5, 5.41) is 0. The van der Waals surface area contributed by atoms with Crippen molar-refractivity contribution < 1.29 is 9.59 Å². The summed E-state index contributed by atoms with van der Waals surface area (Å²) >= 11 is 0. The number of hydrogen-bond acceptors (Lipinski definition) is 3. The van der Waals surface area contributed by atoms with E-state index in [2.05, 4.69) is 4.98 Å². The molecule has 0 unspecified atom stereocenters. The molecular formula is C12H20N4O2. The Morgan fingerprint density at radius 1 is 1.44 bits per heavy atom. The molecule has 0 aliphatic carbocycles. The van der Waals surface area contributed by atoms with E-state index < -0.39 is 11.9 Å². The average Bonchev–Trinajstić information content (AvgIpc) is 2.74. The van der Waals surface area contributed by atoms with Crippen LogP contribution in [0, 0.1) is 0 Å². The SMILES string of the molecule is CC(C)c1nccn1[C@@H](C)C(=O)N(C)CC(N)=O. The minimum Gasteiger partial charge on any atom is -0.368 e. The first-order valence-electron chi connectivity index (χ1n) is 5.90. The first kappa shape index (κ1) is 14.2. The molecule has 0 aliphatic heterocycles. The predicted molar refractivity (Wildman–Crippen MR) is 67.9 cm³/mol. The number of aromatic nitrogens is 2. The molecule has 1 rings (SSSR count). The Labute approximate surface area is 107 Å². The van der Waals surface area contributed by atoms with Gasteiger partial charge in [0.05, 0.1) is 6.54 Å². The van der Waals surface area contributed by atoms with Crippen molar-refractivity contribution in [2.75, 3.05) is 13.6 Å². The van der Waals surface area contributed by atoms with Crippen molar-refractivity contribution in [3.63, 3.8) is 0 Å². The molecule has 6 heteroatoms. The van der Waals surface area contributed by atoms with E-state index in [0.717, 1.165) is 5.82 Å². The van der Waals surface area contributed by atoms with Gasteiger partial charge >= 0.3 is 0 Å². The van der Waals surface area contributed by atoms with Gasteiger partial charge in [0.25, 0.3) is 0 Å². The van der Waals surface area contributed by atoms with E-state index >= 15 is 0 Å². The number of hydrogen-bond donors (Lipinski definition) is 1. The lowest BCUT2D eigenvalue weighted by molar-refractivity contribution is -0.136. The maximum absolute atomic E-state index is 12.1. The number of imidazole rings is 1. The molecule has 0 spiro atoms. The summed E-state index contributed by atoms with van der Waals surface area (Å²) in [6, 6.07) is -0.394. The number of rotatable bonds is 5. The van der Waals surface area contributed by atoms with Gasteiger partial charge in [0.1, 0.15) is 11.9 Å². The minimum atomic E-state index is -0.521. The second kappa shape index (κ2) is 5.66. The van der Waals surface area contributed by atoms with Crippen LogP contribution < -0.4 is 5.73 Å². The highest BCUT2D eigenvalue weighted by Gasteiger charge is 2.22. The molecule has 2 amide bonds. The Morgan fingerprint density at radius 2 is 2.06 bits per heavy atom. The van der Waals surface area contributed by atoms with E-state index in [0.29, 0.717) is 0 Å². The molecule has 0 saturated carbocycles. The van der Waals surface area contributed by atoms with Crippen LogP contribution >= 0.6 is 0 Å². The lowest BCUT2D eigenvalue weighted by Gasteiger charge is -2.23. The molecule has 6 nitrogen and oxygen atoms in total. The average molecular weight is 252 g/mol. The van der Waals surface area contributed by atoms with E-state index in [1.165, 1.54) is 4.90 Å². The molecule has 0 aliphatic rings. The summed E-state index contributed by atoms with van der Waals surface area (Å²) in [7, 11) is 1.57. The van der Waals surface area contributed by atoms with Crippen LogP contribution in [0.2, 0.25) is 0 Å². The molecule has 18 heavy (non-hydrogen) atoms. The Hall–Kier alpha value is -1.85. The van der Waals surface area contributed by atoms with Gasteiger partial charge in [0.15, 0.2) is 0 Å². The topological polar surface area (TPSA) is 81.2 Å². The lowest BCUT2D eigenvalue weighted by atomic mass is 10.2. The van der Waals surface area contributed by atoms with Gasteiger partial charge in [-0.1, -0.05) is 13.8 Å². The second-order valence-corrected chi connectivity index (χ2v) is 4.68. The third kappa shape index (κ3) is 3.09. The molecule has 1 heterocycles. The number of amides is 2. The van der Waals surface area contributed by atoms with Gasteiger partial charge in [-0.3, -0.25) is 9.59 Å². The Bertz CT molecular complexity index is 439. The fourth-order valence-electron chi connectivity index (χ4n) is 1.85. The largest absolute Gasteiger partial charge is 0.368 e. The van der Waals surface area contributed by atoms with Crippen LogP contribution in [0.5, 0.6) is 0 Å². The summed E-state index contributed by atoms with van der Waals surface area (Å²) in [4.78, 5) is 28.5. The van der Waals surface area contributed by atoms with Crippen LogP contribution in [-0.2, 0) is 9.59 Å². The number of primary amides is 1. The van der Waals surface area contributed by atoms with Gasteiger partial charge in [-0.05, 0) is 6.92 Å². The zero-order chi connectivity index (χ0) is 13.9. The quantitative estimate of drug-likeness (QED) is 0.829. The summed E-state index contributed by atoms with van der Waals surface area (Å²) in [6.45, 7) is 5.74. The first-order chi connectivity index (χ1) is 8.34. The molecule has 0 fully saturated rings. The van der Waals surface area contributed by atoms with Gasteiger partial charge in [-0.25, -0.2) is 4.98 Å². The normalized spacial score (nSPS) is 12.5. The Kier molecular flexibility index (Phi) is 4.47. The fourth-order valence-corrected chi connectivity index (χ4v) is 1.85. The standard InChI is InChI=1S/C12H20N4O2/c1-8(2)11-14-5-6-16(11)9(3)12(18)15(4)7-10(13)17/h5-6,8-9H,7H2,1-4H3,(H2,13,17)/t9-/m0/s1. The molecule has 1 atom stereocenters. The zero-order valence-corrected chi connectivity index (χ0v) is 11.3. The first-order valence-corrected chi connectivity index (χ1v) is 5.90. The Morgan fingerprint density at radius 3 is 2.56 bits per heavy atom. The molecule has 0 aromatic carbocycles. The molecule has 100 valence electrons. The molecular weight excluding hydrogens is 232 g/mol. The van der Waals surface area contributed by atoms with Crippen LogP contribution in [0.25, 0.3) is 0 Å². The van der Waals surface area contributed by atoms with Crippen LogP contribution in [0.1, 0.15) is 38.6 Å². The molecule has 0 saturated heterocycles. The molecule has 1 aromatic rings. The van der Waals surface area contributed by atoms with Gasteiger partial charge in [-0.15, -0.1) is 0 Å². The second-order valence-electron chi connectivity index (χ2n) is 4.68. The summed E-state index contributed by atoms with van der Waals surface area (Å²) in [5.74, 6) is 0.404. The monoisotopic (exact) mass is 252 g/mol. The van der Waals surface area contributed by atoms with Crippen molar-refractivity contribution in [2.24, 2.45) is 5.73 Å². The molecule has 0 radical (unpaired) electrons. The van der Waals surface area contributed by atoms with Gasteiger partial charge in [-0.2, -0.15) is 0 Å². The maximum Gasteiger partial charge on any atom is 0.245 e. The predicted octanol–water partition coefficient (Wildman–Crippen LogP) is 0.511. The minimum absolute atomic E-state index is 0.0745. The molecule has 1 aromatic heterocycles. The summed E-state index contributed by atoms with van der Waals surface area (Å²) < 4.78 is 1.82. The van der Waals surface area contributed by atoms with Gasteiger partial charge in [0, 0.05) is 25.4 Å². The van der Waals surface area contributed by atoms with Crippen LogP contribution in [0.4, 0.5) is 0 Å². The molecule has 2 N–H and O–H groups in total. The fraction of sp³-hybridized carbons (Fsp3) is 0.583. The van der Waals surface area contributed by atoms with Crippen LogP contribution in [0.3, 0.4) is 0 Å². The highest BCUT2D eigenvalue weighted by molar-refractivity contribution is 5.85. The number of nitrogens with two attached hydrogens (primary N) is 1. The highest BCUT2D eigenvalue weighted by Crippen LogP contribution is 2.18. The van der Waals surface area contributed by atoms with Crippen molar-refractivity contribution in [1.29, 1.82) is 0 Å². The van der Waals surface area contributed by atoms with Crippen molar-refractivity contribution in [3.8, 4) is 0 Å². The van der Waals surface area contributed by atoms with E-state index in [1.54, 1.807) is 26.4 Å². The smallest absolute Gasteiger partial charge is 0.245 e. The number of carbonyl (C=O) groups is 2. The van der Waals surface area contributed by atoms with Crippen LogP contribution in [-0.4, -0.2) is 39.9 Å². The lowest BCUT2D eigenvalue weighted by Crippen LogP contribution is -2.39. The maximum atomic E-state index is 12.1. The zero-order valence-electron chi connectivity index (χ0n) is 11.3. The summed E-state index contributed by atoms with van der Waals surface area (Å²) in [6.07, 6.45) is 3.45. The summed E-state index contributed by atoms with van der Waals surface area (Å²) in [5.41, 5.74) is 5.08. The van der Waals surface area contributed by atoms with E-state index in [4.69, 9.17) is 5.73 Å². The van der Waals surface area contributed by atoms with Crippen molar-refractivity contribution in [2.45, 2.75) is 32.7 Å². The number of likely N-dealkylation sites (N-methyl/N-ethyl adjacent to an activating group) is 1. The van der Waals surface area contributed by atoms with Gasteiger partial charge < -0.3 is 15.2 Å². The van der Waals surface area contributed by atoms with Gasteiger partial charge in [0.2, 0.25) is 11.8 Å². The van der Waals surface area contributed by atoms with Crippen LogP contribution in [0.15, 0.2) is 12.4 Å². The van der Waals surface area contributed by atoms with E-state index in [9.17, 15) is 9.59 Å². The van der Waals surface area contributed by atoms with Crippen molar-refractivity contribution in [3.05, 3.63) is 18.2 Å². The number of nitrogens with zero attached hydrogens (tertiary/aromatic N) is 3. The third-order valence-corrected chi connectivity index (χ3v) is 2.76. The van der Waals surface area contributed by atoms with Crippen molar-refractivity contribution in [1.82, 2.24) is 14.5 Å². The van der Waals surface area contributed by atoms with E-state index in [-0.39, 0.29) is 18.4 Å². The number of carbonyl (C=O) groups excluding carboxylic acids is 2. The third-order valence-electron chi connectivity index (χ3n) is 2.76. The molecule has 0 bridgehead atoms. The highest BCUT2D eigenvalue weighted by atomic mass is 16.2. The Balaban J connectivity index is 2.86. The van der Waals surface area contributed by atoms with Crippen molar-refractivity contribution >= 4 is 11.8 Å².